The molecule has 0 radical (unpaired) electrons. The first-order valence-electron chi connectivity index (χ1n) is 24.4. The maximum atomic E-state index is 15.8. The van der Waals surface area contributed by atoms with Crippen LogP contribution in [0.2, 0.25) is 0 Å². The number of aliphatic hydroxyl groups excluding tert-OH is 1. The van der Waals surface area contributed by atoms with Crippen LogP contribution in [0.25, 0.3) is 11.1 Å². The SMILES string of the molecule is CC1=CCC[C@@]2(C)[C@@H](CC[C@@]2(O)CN(CC23CC4CC(CC(C4)C2)C3)C(=O)[C@@]23CC[C@@](C)(C(=O)O2)C3(C)C)c2ccc(cc2C(=O)c2ccc(-c3ccccc3)cc2)C[C@@H](O)CC1. The van der Waals surface area contributed by atoms with E-state index in [1.54, 1.807) is 0 Å². The van der Waals surface area contributed by atoms with Crippen LogP contribution >= 0.6 is 0 Å². The first kappa shape index (κ1) is 42.9. The summed E-state index contributed by atoms with van der Waals surface area (Å²) in [5.74, 6) is 1.46. The van der Waals surface area contributed by atoms with Crippen LogP contribution in [0.3, 0.4) is 0 Å². The second kappa shape index (κ2) is 15.3. The number of esters is 1. The Bertz CT molecular complexity index is 2290. The average molecular weight is 852 g/mol. The molecule has 1 saturated heterocycles. The van der Waals surface area contributed by atoms with Crippen LogP contribution in [0.15, 0.2) is 84.4 Å². The standard InChI is InChI=1S/C56H69NO6/c1-36-10-9-22-52(4)47(45-20-14-37(29-44(58)19-13-36)30-46(45)48(59)43-17-15-42(16-18-43)41-11-7-6-8-12-41)21-23-55(52,62)35-57(34-54-31-38-26-39(32-54)28-40(27-38)33-54)49(60)56-25-24-53(5,50(61)63-56)51(56,2)3/h6-8,10-12,14-18,20,30,38-40,44,47,58,62H,9,13,19,21-29,31-35H2,1-5H3/t38?,39?,40?,44-,47-,52-,53-,54?,55+,56+/m0/s1. The van der Waals surface area contributed by atoms with E-state index in [1.165, 1.54) is 24.8 Å². The minimum Gasteiger partial charge on any atom is -0.448 e. The zero-order chi connectivity index (χ0) is 44.2. The molecule has 1 amide bonds. The van der Waals surface area contributed by atoms with E-state index >= 15 is 4.79 Å². The van der Waals surface area contributed by atoms with Gasteiger partial charge in [-0.25, -0.2) is 0 Å². The van der Waals surface area contributed by atoms with E-state index in [1.807, 2.05) is 60.4 Å². The van der Waals surface area contributed by atoms with Gasteiger partial charge in [-0.3, -0.25) is 14.4 Å². The number of nitrogens with zero attached hydrogens (tertiary/aromatic N) is 1. The molecular formula is C56H69NO6. The van der Waals surface area contributed by atoms with Gasteiger partial charge in [-0.05, 0) is 168 Å². The van der Waals surface area contributed by atoms with E-state index in [9.17, 15) is 19.8 Å². The van der Waals surface area contributed by atoms with Crippen LogP contribution in [0.1, 0.15) is 157 Å². The molecule has 6 saturated carbocycles. The fourth-order valence-corrected chi connectivity index (χ4v) is 15.2. The molecule has 0 aromatic heterocycles. The maximum Gasteiger partial charge on any atom is 0.313 e. The van der Waals surface area contributed by atoms with Gasteiger partial charge in [-0.2, -0.15) is 0 Å². The second-order valence-electron chi connectivity index (χ2n) is 23.0. The number of carbonyl (C=O) groups is 3. The molecule has 3 aromatic carbocycles. The maximum absolute atomic E-state index is 15.8. The van der Waals surface area contributed by atoms with Crippen molar-refractivity contribution in [2.45, 2.75) is 154 Å². The van der Waals surface area contributed by atoms with E-state index in [-0.39, 0.29) is 35.5 Å². The van der Waals surface area contributed by atoms with Crippen molar-refractivity contribution in [2.24, 2.45) is 39.4 Å². The highest BCUT2D eigenvalue weighted by Crippen LogP contribution is 2.67. The summed E-state index contributed by atoms with van der Waals surface area (Å²) in [6.45, 7) is 11.2. The third-order valence-corrected chi connectivity index (χ3v) is 19.0. The Kier molecular flexibility index (Phi) is 10.4. The molecule has 334 valence electrons. The number of benzene rings is 3. The predicted octanol–water partition coefficient (Wildman–Crippen LogP) is 10.8. The van der Waals surface area contributed by atoms with Crippen LogP contribution in [0.4, 0.5) is 0 Å². The predicted molar refractivity (Wildman–Crippen MR) is 246 cm³/mol. The van der Waals surface area contributed by atoms with Crippen molar-refractivity contribution >= 4 is 17.7 Å². The highest BCUT2D eigenvalue weighted by molar-refractivity contribution is 6.10. The molecule has 3 aromatic rings. The second-order valence-corrected chi connectivity index (χ2v) is 23.0. The van der Waals surface area contributed by atoms with Crippen molar-refractivity contribution < 1.29 is 29.3 Å². The van der Waals surface area contributed by atoms with Gasteiger partial charge in [-0.1, -0.05) is 99.2 Å². The lowest BCUT2D eigenvalue weighted by atomic mass is 9.49. The van der Waals surface area contributed by atoms with E-state index in [2.05, 4.69) is 58.0 Å². The Morgan fingerprint density at radius 1 is 0.794 bits per heavy atom. The van der Waals surface area contributed by atoms with Crippen molar-refractivity contribution in [3.05, 3.63) is 107 Å². The summed E-state index contributed by atoms with van der Waals surface area (Å²) >= 11 is 0. The minimum atomic E-state index is -1.29. The van der Waals surface area contributed by atoms with E-state index in [4.69, 9.17) is 4.74 Å². The van der Waals surface area contributed by atoms with Crippen molar-refractivity contribution in [1.29, 1.82) is 0 Å². The van der Waals surface area contributed by atoms with Gasteiger partial charge in [0.1, 0.15) is 0 Å². The Labute approximate surface area is 375 Å². The molecule has 0 unspecified atom stereocenters. The molecule has 2 N–H and O–H groups in total. The zero-order valence-electron chi connectivity index (χ0n) is 38.4. The fraction of sp³-hybridized carbons (Fsp3) is 0.589. The number of carbonyl (C=O) groups excluding carboxylic acids is 3. The molecule has 9 aliphatic rings. The lowest BCUT2D eigenvalue weighted by Crippen LogP contribution is -2.63. The first-order valence-corrected chi connectivity index (χ1v) is 24.4. The van der Waals surface area contributed by atoms with Crippen molar-refractivity contribution in [3.8, 4) is 11.1 Å². The normalized spacial score (nSPS) is 37.6. The molecule has 7 fully saturated rings. The highest BCUT2D eigenvalue weighted by Gasteiger charge is 2.76. The van der Waals surface area contributed by atoms with E-state index in [0.717, 1.165) is 54.4 Å². The number of fused-ring (bicyclic) bond motifs is 10. The van der Waals surface area contributed by atoms with Crippen molar-refractivity contribution in [3.63, 3.8) is 0 Å². The van der Waals surface area contributed by atoms with Gasteiger partial charge in [0.25, 0.3) is 5.91 Å². The van der Waals surface area contributed by atoms with Gasteiger partial charge in [0.2, 0.25) is 0 Å². The number of rotatable bonds is 8. The Morgan fingerprint density at radius 3 is 2.10 bits per heavy atom. The Balaban J connectivity index is 1.05. The molecule has 1 heterocycles. The monoisotopic (exact) mass is 852 g/mol. The summed E-state index contributed by atoms with van der Waals surface area (Å²) in [6, 6.07) is 24.2. The third-order valence-electron chi connectivity index (χ3n) is 19.0. The van der Waals surface area contributed by atoms with Gasteiger partial charge in [0.15, 0.2) is 11.4 Å². The summed E-state index contributed by atoms with van der Waals surface area (Å²) < 4.78 is 6.35. The van der Waals surface area contributed by atoms with E-state index in [0.29, 0.717) is 80.4 Å². The van der Waals surface area contributed by atoms with Crippen molar-refractivity contribution in [2.75, 3.05) is 13.1 Å². The van der Waals surface area contributed by atoms with Crippen molar-refractivity contribution in [1.82, 2.24) is 4.90 Å². The zero-order valence-corrected chi connectivity index (χ0v) is 38.4. The molecule has 0 spiro atoms. The summed E-state index contributed by atoms with van der Waals surface area (Å²) in [7, 11) is 0. The Morgan fingerprint density at radius 2 is 1.46 bits per heavy atom. The average Bonchev–Trinajstić information content (AvgIpc) is 3.69. The fourth-order valence-electron chi connectivity index (χ4n) is 15.2. The molecule has 12 rings (SSSR count). The van der Waals surface area contributed by atoms with Crippen LogP contribution in [-0.2, 0) is 20.7 Å². The van der Waals surface area contributed by atoms with Gasteiger partial charge in [0, 0.05) is 28.5 Å². The quantitative estimate of drug-likeness (QED) is 0.133. The minimum absolute atomic E-state index is 0.00410. The van der Waals surface area contributed by atoms with Gasteiger partial charge >= 0.3 is 5.97 Å². The summed E-state index contributed by atoms with van der Waals surface area (Å²) in [5, 5.41) is 24.9. The molecule has 7 heteroatoms. The molecular weight excluding hydrogens is 783 g/mol. The van der Waals surface area contributed by atoms with Gasteiger partial charge in [0.05, 0.1) is 23.7 Å². The molecule has 8 aliphatic carbocycles. The first-order chi connectivity index (χ1) is 30.0. The van der Waals surface area contributed by atoms with Crippen LogP contribution in [0.5, 0.6) is 0 Å². The smallest absolute Gasteiger partial charge is 0.313 e. The lowest BCUT2D eigenvalue weighted by Gasteiger charge is -2.58. The number of amides is 1. The molecule has 6 atom stereocenters. The van der Waals surface area contributed by atoms with Crippen LogP contribution < -0.4 is 0 Å². The van der Waals surface area contributed by atoms with Crippen LogP contribution in [-0.4, -0.2) is 63.2 Å². The van der Waals surface area contributed by atoms with E-state index < -0.39 is 33.6 Å². The molecule has 7 nitrogen and oxygen atoms in total. The highest BCUT2D eigenvalue weighted by atomic mass is 16.6. The summed E-state index contributed by atoms with van der Waals surface area (Å²) in [4.78, 5) is 46.4. The molecule has 8 bridgehead atoms. The van der Waals surface area contributed by atoms with Gasteiger partial charge < -0.3 is 19.8 Å². The summed E-state index contributed by atoms with van der Waals surface area (Å²) in [5.41, 5.74) is 1.74. The number of hydrogen-bond acceptors (Lipinski definition) is 6. The third kappa shape index (κ3) is 6.83. The number of allylic oxidation sites excluding steroid dienone is 2. The number of ether oxygens (including phenoxy) is 1. The lowest BCUT2D eigenvalue weighted by molar-refractivity contribution is -0.181. The topological polar surface area (TPSA) is 104 Å². The van der Waals surface area contributed by atoms with Gasteiger partial charge in [-0.15, -0.1) is 0 Å². The van der Waals surface area contributed by atoms with Crippen LogP contribution in [0, 0.1) is 39.4 Å². The Hall–Kier alpha value is -4.07. The largest absolute Gasteiger partial charge is 0.448 e. The molecule has 63 heavy (non-hydrogen) atoms. The number of hydrogen-bond donors (Lipinski definition) is 2. The summed E-state index contributed by atoms with van der Waals surface area (Å²) in [6.07, 6.45) is 14.5. The molecule has 1 aliphatic heterocycles. The number of aliphatic hydroxyl groups is 2. The number of ketones is 1.